The van der Waals surface area contributed by atoms with Crippen LogP contribution in [0, 0.1) is 20.8 Å². The summed E-state index contributed by atoms with van der Waals surface area (Å²) in [7, 11) is 0. The lowest BCUT2D eigenvalue weighted by Crippen LogP contribution is -2.34. The van der Waals surface area contributed by atoms with E-state index in [0.717, 1.165) is 38.3 Å². The van der Waals surface area contributed by atoms with Crippen molar-refractivity contribution in [3.05, 3.63) is 119 Å². The Labute approximate surface area is 249 Å². The Morgan fingerprint density at radius 1 is 0.810 bits per heavy atom. The highest BCUT2D eigenvalue weighted by molar-refractivity contribution is 7.97. The van der Waals surface area contributed by atoms with Gasteiger partial charge in [-0.1, -0.05) is 84.4 Å². The van der Waals surface area contributed by atoms with Crippen LogP contribution in [0.4, 0.5) is 10.5 Å². The molecule has 9 heteroatoms. The summed E-state index contributed by atoms with van der Waals surface area (Å²) >= 11 is 1.38. The molecule has 0 aromatic heterocycles. The summed E-state index contributed by atoms with van der Waals surface area (Å²) in [6, 6.07) is 28.4. The number of hydrogen-bond donors (Lipinski definition) is 4. The van der Waals surface area contributed by atoms with Crippen LogP contribution in [0.5, 0.6) is 0 Å². The van der Waals surface area contributed by atoms with Crippen LogP contribution in [-0.2, 0) is 27.3 Å². The minimum atomic E-state index is -0.890. The Balaban J connectivity index is 0.00000155. The third-order valence-corrected chi connectivity index (χ3v) is 7.60. The van der Waals surface area contributed by atoms with E-state index in [1.165, 1.54) is 17.5 Å². The van der Waals surface area contributed by atoms with E-state index < -0.39 is 12.0 Å². The van der Waals surface area contributed by atoms with Crippen LogP contribution in [0.2, 0.25) is 0 Å². The predicted octanol–water partition coefficient (Wildman–Crippen LogP) is 6.31. The van der Waals surface area contributed by atoms with Crippen molar-refractivity contribution in [1.29, 1.82) is 0 Å². The van der Waals surface area contributed by atoms with Crippen LogP contribution in [0.25, 0.3) is 11.1 Å². The van der Waals surface area contributed by atoms with E-state index in [1.807, 2.05) is 92.7 Å². The molecule has 1 atom stereocenters. The van der Waals surface area contributed by atoms with E-state index in [2.05, 4.69) is 34.4 Å². The molecular formula is C33H33N3O5S. The van der Waals surface area contributed by atoms with Gasteiger partial charge in [0, 0.05) is 17.1 Å². The molecule has 0 aliphatic heterocycles. The molecule has 1 unspecified atom stereocenters. The summed E-state index contributed by atoms with van der Waals surface area (Å²) in [6.45, 7) is 6.59. The maximum Gasteiger partial charge on any atom is 0.373 e. The average Bonchev–Trinajstić information content (AvgIpc) is 2.96. The largest absolute Gasteiger partial charge is 0.480 e. The molecule has 4 aromatic rings. The second-order valence-corrected chi connectivity index (χ2v) is 10.5. The molecule has 0 radical (unpaired) electrons. The molecule has 0 aliphatic rings. The number of amides is 2. The van der Waals surface area contributed by atoms with Crippen molar-refractivity contribution in [2.75, 3.05) is 5.32 Å². The van der Waals surface area contributed by atoms with Crippen LogP contribution < -0.4 is 15.4 Å². The van der Waals surface area contributed by atoms with E-state index >= 15 is 0 Å². The first kappa shape index (κ1) is 31.8. The Morgan fingerprint density at radius 2 is 1.45 bits per heavy atom. The molecule has 0 fully saturated rings. The number of urea groups is 1. The molecule has 0 bridgehead atoms. The molecule has 0 spiro atoms. The first-order valence-electron chi connectivity index (χ1n) is 13.2. The zero-order chi connectivity index (χ0) is 30.5. The highest BCUT2D eigenvalue weighted by Gasteiger charge is 2.19. The molecule has 2 amide bonds. The Morgan fingerprint density at radius 3 is 2.07 bits per heavy atom. The molecule has 42 heavy (non-hydrogen) atoms. The van der Waals surface area contributed by atoms with Crippen molar-refractivity contribution < 1.29 is 24.3 Å². The first-order valence-corrected chi connectivity index (χ1v) is 14.0. The molecule has 0 saturated heterocycles. The van der Waals surface area contributed by atoms with Gasteiger partial charge in [0.1, 0.15) is 6.04 Å². The quantitative estimate of drug-likeness (QED) is 0.161. The number of carboxylic acids is 1. The Bertz CT molecular complexity index is 1510. The molecule has 0 heterocycles. The van der Waals surface area contributed by atoms with Crippen molar-refractivity contribution in [3.63, 3.8) is 0 Å². The van der Waals surface area contributed by atoms with Crippen molar-refractivity contribution in [2.45, 2.75) is 44.7 Å². The maximum absolute atomic E-state index is 12.4. The summed E-state index contributed by atoms with van der Waals surface area (Å²) in [5.74, 6) is -0.890. The predicted molar refractivity (Wildman–Crippen MR) is 164 cm³/mol. The van der Waals surface area contributed by atoms with E-state index in [1.54, 1.807) is 0 Å². The second kappa shape index (κ2) is 15.9. The van der Waals surface area contributed by atoms with Crippen molar-refractivity contribution in [1.82, 2.24) is 10.0 Å². The first-order chi connectivity index (χ1) is 20.2. The van der Waals surface area contributed by atoms with E-state index in [4.69, 9.17) is 9.59 Å². The fourth-order valence-corrected chi connectivity index (χ4v) is 5.32. The van der Waals surface area contributed by atoms with Gasteiger partial charge in [-0.3, -0.25) is 4.79 Å². The monoisotopic (exact) mass is 583 g/mol. The van der Waals surface area contributed by atoms with Crippen molar-refractivity contribution in [3.8, 4) is 11.1 Å². The van der Waals surface area contributed by atoms with Crippen LogP contribution in [-0.4, -0.2) is 29.3 Å². The number of carboxylic acid groups (broad SMARTS) is 1. The van der Waals surface area contributed by atoms with E-state index in [-0.39, 0.29) is 12.2 Å². The third-order valence-electron chi connectivity index (χ3n) is 6.35. The van der Waals surface area contributed by atoms with Crippen molar-refractivity contribution >= 4 is 35.8 Å². The lowest BCUT2D eigenvalue weighted by atomic mass is 10.0. The number of nitrogens with one attached hydrogen (secondary N) is 3. The topological polar surface area (TPSA) is 125 Å². The summed E-state index contributed by atoms with van der Waals surface area (Å²) in [5.41, 5.74) is 8.02. The summed E-state index contributed by atoms with van der Waals surface area (Å²) in [6.07, 6.45) is 0.607. The second-order valence-electron chi connectivity index (χ2n) is 9.70. The minimum absolute atomic E-state index is 0.250. The fraction of sp³-hybridized carbons (Fsp3) is 0.182. The maximum atomic E-state index is 12.4. The third kappa shape index (κ3) is 9.74. The summed E-state index contributed by atoms with van der Waals surface area (Å²) in [5, 5.41) is 15.6. The molecule has 0 aliphatic carbocycles. The van der Waals surface area contributed by atoms with E-state index in [0.29, 0.717) is 18.7 Å². The molecule has 8 nitrogen and oxygen atoms in total. The highest BCUT2D eigenvalue weighted by atomic mass is 32.2. The van der Waals surface area contributed by atoms with Gasteiger partial charge in [0.15, 0.2) is 0 Å². The van der Waals surface area contributed by atoms with Gasteiger partial charge >= 0.3 is 18.2 Å². The fourth-order valence-electron chi connectivity index (χ4n) is 4.44. The van der Waals surface area contributed by atoms with Gasteiger partial charge in [-0.2, -0.15) is 9.59 Å². The SMILES string of the molecule is Cc1cc(C)c(SNC(Cc2ccc(-c3cccc(NC(=O)NCc4ccccc4)c3)cc2)C(=O)O)c(C)c1.O=C=O. The van der Waals surface area contributed by atoms with Crippen LogP contribution in [0.3, 0.4) is 0 Å². The number of anilines is 1. The number of rotatable bonds is 10. The number of hydrogen-bond acceptors (Lipinski definition) is 6. The van der Waals surface area contributed by atoms with Gasteiger partial charge in [0.05, 0.1) is 0 Å². The van der Waals surface area contributed by atoms with Gasteiger partial charge < -0.3 is 15.7 Å². The van der Waals surface area contributed by atoms with Crippen molar-refractivity contribution in [2.24, 2.45) is 0 Å². The molecular weight excluding hydrogens is 550 g/mol. The number of aryl methyl sites for hydroxylation is 3. The average molecular weight is 584 g/mol. The van der Waals surface area contributed by atoms with Gasteiger partial charge in [-0.15, -0.1) is 0 Å². The van der Waals surface area contributed by atoms with Crippen LogP contribution in [0.1, 0.15) is 27.8 Å². The lowest BCUT2D eigenvalue weighted by Gasteiger charge is -2.17. The van der Waals surface area contributed by atoms with Gasteiger partial charge in [0.25, 0.3) is 0 Å². The number of benzene rings is 4. The van der Waals surface area contributed by atoms with E-state index in [9.17, 15) is 14.7 Å². The highest BCUT2D eigenvalue weighted by Crippen LogP contribution is 2.27. The smallest absolute Gasteiger partial charge is 0.373 e. The number of carbonyl (C=O) groups is 2. The van der Waals surface area contributed by atoms with Gasteiger partial charge in [-0.05, 0) is 84.7 Å². The standard InChI is InChI=1S/C32H33N3O3S.CO2/c1-21-16-22(2)30(23(3)17-21)39-35-29(31(36)37)18-24-12-14-26(15-13-24)27-10-7-11-28(19-27)34-32(38)33-20-25-8-5-4-6-9-25;2-1-3/h4-17,19,29,35H,18,20H2,1-3H3,(H,36,37)(H2,33,34,38);. The van der Waals surface area contributed by atoms with Crippen LogP contribution in [0.15, 0.2) is 95.9 Å². The summed E-state index contributed by atoms with van der Waals surface area (Å²) in [4.78, 5) is 41.6. The molecule has 4 N–H and O–H groups in total. The normalized spacial score (nSPS) is 10.9. The minimum Gasteiger partial charge on any atom is -0.480 e. The lowest BCUT2D eigenvalue weighted by molar-refractivity contribution is -0.191. The van der Waals surface area contributed by atoms with Gasteiger partial charge in [0.2, 0.25) is 0 Å². The number of aliphatic carboxylic acids is 1. The Hall–Kier alpha value is -4.69. The molecule has 0 saturated carbocycles. The molecule has 216 valence electrons. The summed E-state index contributed by atoms with van der Waals surface area (Å²) < 4.78 is 3.15. The molecule has 4 aromatic carbocycles. The molecule has 4 rings (SSSR count). The van der Waals surface area contributed by atoms with Gasteiger partial charge in [-0.25, -0.2) is 9.52 Å². The number of carbonyl (C=O) groups excluding carboxylic acids is 3. The zero-order valence-electron chi connectivity index (χ0n) is 23.6. The van der Waals surface area contributed by atoms with Crippen LogP contribution >= 0.6 is 11.9 Å². The Kier molecular flexibility index (Phi) is 12.1. The zero-order valence-corrected chi connectivity index (χ0v) is 24.5.